The molecule has 2 aromatic heterocycles. The smallest absolute Gasteiger partial charge is 0.340 e. The van der Waals surface area contributed by atoms with E-state index < -0.39 is 18.6 Å². The zero-order valence-electron chi connectivity index (χ0n) is 15.6. The SMILES string of the molecule is O=C(NCC(F)(F)F)c1ncc2c(-c3ccccc3)nn(Cc3ccccc3)c2n1. The predicted octanol–water partition coefficient (Wildman–Crippen LogP) is 3.83. The molecule has 152 valence electrons. The van der Waals surface area contributed by atoms with Crippen LogP contribution in [0.4, 0.5) is 13.2 Å². The Balaban J connectivity index is 1.76. The van der Waals surface area contributed by atoms with Gasteiger partial charge in [-0.15, -0.1) is 0 Å². The van der Waals surface area contributed by atoms with Gasteiger partial charge in [-0.25, -0.2) is 14.6 Å². The van der Waals surface area contributed by atoms with E-state index in [9.17, 15) is 18.0 Å². The molecule has 0 spiro atoms. The van der Waals surface area contributed by atoms with Crippen LogP contribution in [-0.2, 0) is 6.54 Å². The summed E-state index contributed by atoms with van der Waals surface area (Å²) in [6, 6.07) is 18.9. The Morgan fingerprint density at radius 2 is 1.67 bits per heavy atom. The number of nitrogens with zero attached hydrogens (tertiary/aromatic N) is 4. The maximum Gasteiger partial charge on any atom is 0.405 e. The molecule has 9 heteroatoms. The number of nitrogens with one attached hydrogen (secondary N) is 1. The molecule has 0 aliphatic carbocycles. The lowest BCUT2D eigenvalue weighted by atomic mass is 10.1. The first-order chi connectivity index (χ1) is 14.4. The summed E-state index contributed by atoms with van der Waals surface area (Å²) in [5, 5.41) is 7.04. The highest BCUT2D eigenvalue weighted by molar-refractivity contribution is 5.95. The van der Waals surface area contributed by atoms with Crippen molar-refractivity contribution in [2.24, 2.45) is 0 Å². The van der Waals surface area contributed by atoms with Gasteiger partial charge < -0.3 is 5.32 Å². The fourth-order valence-electron chi connectivity index (χ4n) is 3.00. The second-order valence-electron chi connectivity index (χ2n) is 6.59. The summed E-state index contributed by atoms with van der Waals surface area (Å²) in [6.45, 7) is -1.07. The van der Waals surface area contributed by atoms with E-state index in [-0.39, 0.29) is 5.82 Å². The van der Waals surface area contributed by atoms with Crippen molar-refractivity contribution in [1.29, 1.82) is 0 Å². The maximum atomic E-state index is 12.4. The molecule has 0 radical (unpaired) electrons. The van der Waals surface area contributed by atoms with Crippen LogP contribution in [0, 0.1) is 0 Å². The van der Waals surface area contributed by atoms with Crippen LogP contribution in [0.1, 0.15) is 16.2 Å². The minimum atomic E-state index is -4.52. The van der Waals surface area contributed by atoms with Crippen LogP contribution in [0.2, 0.25) is 0 Å². The number of rotatable bonds is 5. The van der Waals surface area contributed by atoms with Crippen LogP contribution in [0.5, 0.6) is 0 Å². The Labute approximate surface area is 169 Å². The number of halogens is 3. The second-order valence-corrected chi connectivity index (χ2v) is 6.59. The van der Waals surface area contributed by atoms with Gasteiger partial charge in [0.2, 0.25) is 5.82 Å². The van der Waals surface area contributed by atoms with Crippen molar-refractivity contribution in [1.82, 2.24) is 25.1 Å². The zero-order valence-corrected chi connectivity index (χ0v) is 15.6. The minimum Gasteiger partial charge on any atom is -0.340 e. The Hall–Kier alpha value is -3.75. The second kappa shape index (κ2) is 7.94. The Morgan fingerprint density at radius 3 is 2.33 bits per heavy atom. The third kappa shape index (κ3) is 4.29. The molecule has 30 heavy (non-hydrogen) atoms. The van der Waals surface area contributed by atoms with E-state index in [0.717, 1.165) is 11.1 Å². The van der Waals surface area contributed by atoms with Gasteiger partial charge in [-0.3, -0.25) is 4.79 Å². The van der Waals surface area contributed by atoms with Crippen LogP contribution in [0.25, 0.3) is 22.3 Å². The van der Waals surface area contributed by atoms with E-state index >= 15 is 0 Å². The van der Waals surface area contributed by atoms with Crippen molar-refractivity contribution in [2.75, 3.05) is 6.54 Å². The first kappa shape index (κ1) is 19.6. The first-order valence-electron chi connectivity index (χ1n) is 9.08. The summed E-state index contributed by atoms with van der Waals surface area (Å²) < 4.78 is 38.9. The van der Waals surface area contributed by atoms with Crippen LogP contribution in [0.3, 0.4) is 0 Å². The van der Waals surface area contributed by atoms with Gasteiger partial charge >= 0.3 is 6.18 Å². The third-order valence-corrected chi connectivity index (χ3v) is 4.36. The van der Waals surface area contributed by atoms with Gasteiger partial charge in [0.25, 0.3) is 5.91 Å². The average Bonchev–Trinajstić information content (AvgIpc) is 3.10. The van der Waals surface area contributed by atoms with E-state index in [1.165, 1.54) is 6.20 Å². The minimum absolute atomic E-state index is 0.347. The molecule has 0 saturated carbocycles. The van der Waals surface area contributed by atoms with E-state index in [1.54, 1.807) is 10.00 Å². The molecule has 4 aromatic rings. The number of aromatic nitrogens is 4. The fraction of sp³-hybridized carbons (Fsp3) is 0.143. The number of amides is 1. The molecule has 0 aliphatic heterocycles. The number of fused-ring (bicyclic) bond motifs is 1. The summed E-state index contributed by atoms with van der Waals surface area (Å²) in [7, 11) is 0. The monoisotopic (exact) mass is 411 g/mol. The van der Waals surface area contributed by atoms with E-state index in [4.69, 9.17) is 0 Å². The standard InChI is InChI=1S/C21H16F3N5O/c22-21(23,24)13-26-20(30)18-25-11-16-17(15-9-5-2-6-10-15)28-29(19(16)27-18)12-14-7-3-1-4-8-14/h1-11H,12-13H2,(H,26,30). The van der Waals surface area contributed by atoms with Crippen molar-refractivity contribution < 1.29 is 18.0 Å². The Morgan fingerprint density at radius 1 is 1.00 bits per heavy atom. The molecule has 1 N–H and O–H groups in total. The largest absolute Gasteiger partial charge is 0.405 e. The number of hydrogen-bond donors (Lipinski definition) is 1. The van der Waals surface area contributed by atoms with Gasteiger partial charge in [0, 0.05) is 11.8 Å². The van der Waals surface area contributed by atoms with E-state index in [0.29, 0.717) is 23.3 Å². The number of benzene rings is 2. The first-order valence-corrected chi connectivity index (χ1v) is 9.08. The molecule has 0 aliphatic rings. The lowest BCUT2D eigenvalue weighted by Crippen LogP contribution is -2.34. The van der Waals surface area contributed by atoms with Gasteiger partial charge in [-0.1, -0.05) is 60.7 Å². The quantitative estimate of drug-likeness (QED) is 0.542. The van der Waals surface area contributed by atoms with Gasteiger partial charge in [-0.2, -0.15) is 18.3 Å². The Kier molecular flexibility index (Phi) is 5.18. The van der Waals surface area contributed by atoms with Crippen molar-refractivity contribution in [3.8, 4) is 11.3 Å². The molecule has 2 aromatic carbocycles. The molecule has 4 rings (SSSR count). The predicted molar refractivity (Wildman–Crippen MR) is 105 cm³/mol. The van der Waals surface area contributed by atoms with Crippen LogP contribution >= 0.6 is 0 Å². The van der Waals surface area contributed by atoms with Gasteiger partial charge in [0.1, 0.15) is 12.2 Å². The summed E-state index contributed by atoms with van der Waals surface area (Å²) >= 11 is 0. The summed E-state index contributed by atoms with van der Waals surface area (Å²) in [6.07, 6.45) is -3.10. The highest BCUT2D eigenvalue weighted by Crippen LogP contribution is 2.27. The van der Waals surface area contributed by atoms with Gasteiger partial charge in [0.05, 0.1) is 11.9 Å². The molecule has 1 amide bonds. The molecule has 0 atom stereocenters. The summed E-state index contributed by atoms with van der Waals surface area (Å²) in [4.78, 5) is 20.3. The fourth-order valence-corrected chi connectivity index (χ4v) is 3.00. The normalized spacial score (nSPS) is 11.6. The molecular weight excluding hydrogens is 395 g/mol. The third-order valence-electron chi connectivity index (χ3n) is 4.36. The van der Waals surface area contributed by atoms with Crippen molar-refractivity contribution >= 4 is 16.9 Å². The molecule has 0 unspecified atom stereocenters. The molecule has 0 bridgehead atoms. The molecule has 0 fully saturated rings. The lowest BCUT2D eigenvalue weighted by Gasteiger charge is -2.08. The molecule has 0 saturated heterocycles. The van der Waals surface area contributed by atoms with Crippen LogP contribution in [0.15, 0.2) is 66.9 Å². The topological polar surface area (TPSA) is 72.7 Å². The van der Waals surface area contributed by atoms with E-state index in [2.05, 4.69) is 15.1 Å². The van der Waals surface area contributed by atoms with Crippen molar-refractivity contribution in [2.45, 2.75) is 12.7 Å². The maximum absolute atomic E-state index is 12.4. The number of alkyl halides is 3. The summed E-state index contributed by atoms with van der Waals surface area (Å²) in [5.74, 6) is -1.34. The molecule has 6 nitrogen and oxygen atoms in total. The van der Waals surface area contributed by atoms with Gasteiger partial charge in [0.15, 0.2) is 5.65 Å². The number of hydrogen-bond acceptors (Lipinski definition) is 4. The molecular formula is C21H16F3N5O. The van der Waals surface area contributed by atoms with Gasteiger partial charge in [-0.05, 0) is 5.56 Å². The van der Waals surface area contributed by atoms with Crippen molar-refractivity contribution in [3.05, 3.63) is 78.2 Å². The van der Waals surface area contributed by atoms with Crippen molar-refractivity contribution in [3.63, 3.8) is 0 Å². The number of carbonyl (C=O) groups is 1. The summed E-state index contributed by atoms with van der Waals surface area (Å²) in [5.41, 5.74) is 2.80. The van der Waals surface area contributed by atoms with E-state index in [1.807, 2.05) is 60.7 Å². The van der Waals surface area contributed by atoms with Crippen LogP contribution in [-0.4, -0.2) is 38.4 Å². The van der Waals surface area contributed by atoms with Crippen LogP contribution < -0.4 is 5.32 Å². The highest BCUT2D eigenvalue weighted by atomic mass is 19.4. The number of carbonyl (C=O) groups excluding carboxylic acids is 1. The zero-order chi connectivity index (χ0) is 21.1. The Bertz CT molecular complexity index is 1170. The average molecular weight is 411 g/mol. The lowest BCUT2D eigenvalue weighted by molar-refractivity contribution is -0.123. The highest BCUT2D eigenvalue weighted by Gasteiger charge is 2.28. The molecule has 2 heterocycles.